The Kier molecular flexibility index (Phi) is 7.65. The van der Waals surface area contributed by atoms with Crippen LogP contribution in [0.15, 0.2) is 18.2 Å². The molecule has 1 unspecified atom stereocenters. The van der Waals surface area contributed by atoms with Crippen molar-refractivity contribution in [3.05, 3.63) is 29.6 Å². The van der Waals surface area contributed by atoms with Crippen LogP contribution in [0, 0.1) is 17.7 Å². The highest BCUT2D eigenvalue weighted by Crippen LogP contribution is 2.41. The number of ether oxygens (including phenoxy) is 2. The molecule has 2 nitrogen and oxygen atoms in total. The Morgan fingerprint density at radius 3 is 2.21 bits per heavy atom. The van der Waals surface area contributed by atoms with Crippen molar-refractivity contribution < 1.29 is 35.8 Å². The number of methoxy groups -OCH3 is 1. The van der Waals surface area contributed by atoms with E-state index in [9.17, 15) is 26.3 Å². The molecule has 2 rings (SSSR count). The van der Waals surface area contributed by atoms with Crippen LogP contribution in [0.1, 0.15) is 51.0 Å². The second-order valence-electron chi connectivity index (χ2n) is 7.39. The van der Waals surface area contributed by atoms with E-state index in [0.29, 0.717) is 37.7 Å². The van der Waals surface area contributed by atoms with Crippen LogP contribution in [0.5, 0.6) is 5.75 Å². The van der Waals surface area contributed by atoms with Gasteiger partial charge < -0.3 is 9.47 Å². The standard InChI is InChI=1S/C20H26F6O2/c1-3-4-13-5-8-15(9-6-13)20(25,26)28-16-10-7-14(17(21)12-16)11-18(27-2)19(22,23)24/h7,10,12-13,15,18H,3-6,8-9,11H2,1-2H3. The lowest BCUT2D eigenvalue weighted by atomic mass is 9.79. The third kappa shape index (κ3) is 6.03. The molecule has 0 radical (unpaired) electrons. The first-order chi connectivity index (χ1) is 13.1. The summed E-state index contributed by atoms with van der Waals surface area (Å²) in [5.41, 5.74) is -0.278. The van der Waals surface area contributed by atoms with E-state index in [1.54, 1.807) is 0 Å². The van der Waals surface area contributed by atoms with Gasteiger partial charge in [0.05, 0.1) is 5.92 Å². The maximum atomic E-state index is 14.4. The van der Waals surface area contributed by atoms with E-state index >= 15 is 0 Å². The van der Waals surface area contributed by atoms with Crippen LogP contribution < -0.4 is 4.74 Å². The number of hydrogen-bond donors (Lipinski definition) is 0. The van der Waals surface area contributed by atoms with Crippen molar-refractivity contribution in [2.24, 2.45) is 11.8 Å². The Hall–Kier alpha value is -1.44. The van der Waals surface area contributed by atoms with Gasteiger partial charge in [-0.25, -0.2) is 4.39 Å². The highest BCUT2D eigenvalue weighted by atomic mass is 19.4. The SMILES string of the molecule is CCCC1CCC(C(F)(F)Oc2ccc(CC(OC)C(F)(F)F)c(F)c2)CC1. The van der Waals surface area contributed by atoms with E-state index < -0.39 is 42.3 Å². The van der Waals surface area contributed by atoms with Crippen molar-refractivity contribution in [1.82, 2.24) is 0 Å². The molecule has 8 heteroatoms. The molecule has 0 aliphatic heterocycles. The van der Waals surface area contributed by atoms with E-state index in [4.69, 9.17) is 4.74 Å². The van der Waals surface area contributed by atoms with Crippen LogP contribution in [0.2, 0.25) is 0 Å². The molecular weight excluding hydrogens is 386 g/mol. The molecule has 0 heterocycles. The zero-order chi connectivity index (χ0) is 20.9. The van der Waals surface area contributed by atoms with Crippen LogP contribution in [-0.4, -0.2) is 25.5 Å². The van der Waals surface area contributed by atoms with Crippen LogP contribution in [0.4, 0.5) is 26.3 Å². The van der Waals surface area contributed by atoms with Crippen LogP contribution in [0.3, 0.4) is 0 Å². The molecule has 0 aromatic heterocycles. The minimum Gasteiger partial charge on any atom is -0.432 e. The number of rotatable bonds is 8. The molecule has 0 amide bonds. The van der Waals surface area contributed by atoms with Crippen molar-refractivity contribution in [1.29, 1.82) is 0 Å². The predicted molar refractivity (Wildman–Crippen MR) is 92.9 cm³/mol. The topological polar surface area (TPSA) is 18.5 Å². The highest BCUT2D eigenvalue weighted by molar-refractivity contribution is 5.30. The van der Waals surface area contributed by atoms with Gasteiger partial charge in [-0.15, -0.1) is 0 Å². The summed E-state index contributed by atoms with van der Waals surface area (Å²) in [6.45, 7) is 2.06. The smallest absolute Gasteiger partial charge is 0.414 e. The fourth-order valence-corrected chi connectivity index (χ4v) is 3.73. The lowest BCUT2D eigenvalue weighted by Crippen LogP contribution is -2.37. The Labute approximate surface area is 161 Å². The molecule has 1 saturated carbocycles. The summed E-state index contributed by atoms with van der Waals surface area (Å²) in [4.78, 5) is 0. The third-order valence-electron chi connectivity index (χ3n) is 5.35. The molecule has 1 aliphatic rings. The van der Waals surface area contributed by atoms with E-state index in [1.807, 2.05) is 0 Å². The summed E-state index contributed by atoms with van der Waals surface area (Å²) in [6.07, 6.45) is -6.90. The fourth-order valence-electron chi connectivity index (χ4n) is 3.73. The Morgan fingerprint density at radius 2 is 1.71 bits per heavy atom. The molecule has 0 spiro atoms. The van der Waals surface area contributed by atoms with Crippen LogP contribution in [-0.2, 0) is 11.2 Å². The summed E-state index contributed by atoms with van der Waals surface area (Å²) in [7, 11) is 0.878. The average molecular weight is 412 g/mol. The van der Waals surface area contributed by atoms with E-state index in [0.717, 1.165) is 32.1 Å². The van der Waals surface area contributed by atoms with Gasteiger partial charge in [-0.3, -0.25) is 0 Å². The first-order valence-corrected chi connectivity index (χ1v) is 9.51. The zero-order valence-electron chi connectivity index (χ0n) is 16.0. The van der Waals surface area contributed by atoms with Gasteiger partial charge in [-0.1, -0.05) is 25.8 Å². The van der Waals surface area contributed by atoms with Crippen molar-refractivity contribution >= 4 is 0 Å². The van der Waals surface area contributed by atoms with Gasteiger partial charge in [0.25, 0.3) is 0 Å². The summed E-state index contributed by atoms with van der Waals surface area (Å²) in [5, 5.41) is 0. The minimum atomic E-state index is -4.65. The van der Waals surface area contributed by atoms with Crippen molar-refractivity contribution in [2.75, 3.05) is 7.11 Å². The normalized spacial score (nSPS) is 22.1. The molecule has 1 atom stereocenters. The molecule has 0 saturated heterocycles. The summed E-state index contributed by atoms with van der Waals surface area (Å²) in [6, 6.07) is 2.80. The fraction of sp³-hybridized carbons (Fsp3) is 0.700. The first kappa shape index (κ1) is 22.8. The Balaban J connectivity index is 2.01. The minimum absolute atomic E-state index is 0.278. The molecular formula is C20H26F6O2. The molecule has 0 bridgehead atoms. The van der Waals surface area contributed by atoms with E-state index in [1.165, 1.54) is 0 Å². The Morgan fingerprint density at radius 1 is 1.07 bits per heavy atom. The molecule has 1 fully saturated rings. The highest BCUT2D eigenvalue weighted by Gasteiger charge is 2.44. The van der Waals surface area contributed by atoms with E-state index in [-0.39, 0.29) is 5.56 Å². The third-order valence-corrected chi connectivity index (χ3v) is 5.35. The van der Waals surface area contributed by atoms with Gasteiger partial charge >= 0.3 is 12.3 Å². The largest absolute Gasteiger partial charge is 0.432 e. The molecule has 1 aliphatic carbocycles. The van der Waals surface area contributed by atoms with Gasteiger partial charge in [0.15, 0.2) is 6.10 Å². The number of hydrogen-bond acceptors (Lipinski definition) is 2. The lowest BCUT2D eigenvalue weighted by Gasteiger charge is -2.33. The van der Waals surface area contributed by atoms with Crippen molar-refractivity contribution in [3.8, 4) is 5.75 Å². The molecule has 1 aromatic carbocycles. The van der Waals surface area contributed by atoms with Gasteiger partial charge in [0.1, 0.15) is 11.6 Å². The number of halogens is 6. The van der Waals surface area contributed by atoms with Gasteiger partial charge in [-0.2, -0.15) is 22.0 Å². The summed E-state index contributed by atoms with van der Waals surface area (Å²) >= 11 is 0. The Bertz CT molecular complexity index is 624. The van der Waals surface area contributed by atoms with Crippen LogP contribution >= 0.6 is 0 Å². The van der Waals surface area contributed by atoms with Crippen molar-refractivity contribution in [3.63, 3.8) is 0 Å². The lowest BCUT2D eigenvalue weighted by molar-refractivity contribution is -0.223. The molecule has 160 valence electrons. The van der Waals surface area contributed by atoms with Gasteiger partial charge in [-0.05, 0) is 43.2 Å². The molecule has 28 heavy (non-hydrogen) atoms. The number of alkyl halides is 5. The summed E-state index contributed by atoms with van der Waals surface area (Å²) < 4.78 is 90.4. The van der Waals surface area contributed by atoms with Gasteiger partial charge in [0, 0.05) is 19.6 Å². The summed E-state index contributed by atoms with van der Waals surface area (Å²) in [5.74, 6) is -1.93. The maximum absolute atomic E-state index is 14.4. The monoisotopic (exact) mass is 412 g/mol. The molecule has 1 aromatic rings. The quantitative estimate of drug-likeness (QED) is 0.453. The predicted octanol–water partition coefficient (Wildman–Crippen LogP) is 6.52. The number of benzene rings is 1. The average Bonchev–Trinajstić information content (AvgIpc) is 2.60. The molecule has 0 N–H and O–H groups in total. The van der Waals surface area contributed by atoms with E-state index in [2.05, 4.69) is 11.7 Å². The zero-order valence-corrected chi connectivity index (χ0v) is 16.0. The van der Waals surface area contributed by atoms with Crippen molar-refractivity contribution in [2.45, 2.75) is 70.3 Å². The van der Waals surface area contributed by atoms with Crippen LogP contribution in [0.25, 0.3) is 0 Å². The second kappa shape index (κ2) is 9.37. The maximum Gasteiger partial charge on any atom is 0.414 e. The second-order valence-corrected chi connectivity index (χ2v) is 7.39. The first-order valence-electron chi connectivity index (χ1n) is 9.51. The van der Waals surface area contributed by atoms with Gasteiger partial charge in [0.2, 0.25) is 0 Å².